The van der Waals surface area contributed by atoms with Gasteiger partial charge in [-0.15, -0.1) is 22.7 Å². The monoisotopic (exact) mass is 735 g/mol. The van der Waals surface area contributed by atoms with Gasteiger partial charge in [0.15, 0.2) is 0 Å². The molecule has 3 heteroatoms. The molecule has 55 heavy (non-hydrogen) atoms. The van der Waals surface area contributed by atoms with Crippen LogP contribution < -0.4 is 4.90 Å². The van der Waals surface area contributed by atoms with Gasteiger partial charge in [-0.25, -0.2) is 0 Å². The number of fused-ring (bicyclic) bond motifs is 7. The van der Waals surface area contributed by atoms with E-state index >= 15 is 0 Å². The highest BCUT2D eigenvalue weighted by Gasteiger charge is 2.22. The molecule has 2 heterocycles. The second-order valence-corrected chi connectivity index (χ2v) is 16.2. The number of rotatable bonds is 6. The van der Waals surface area contributed by atoms with Gasteiger partial charge in [0.2, 0.25) is 0 Å². The minimum atomic E-state index is 1.11. The van der Waals surface area contributed by atoms with Crippen LogP contribution in [-0.2, 0) is 0 Å². The molecule has 0 aliphatic rings. The molecular weight excluding hydrogens is 703 g/mol. The summed E-state index contributed by atoms with van der Waals surface area (Å²) in [5.74, 6) is 0. The minimum Gasteiger partial charge on any atom is -0.309 e. The summed E-state index contributed by atoms with van der Waals surface area (Å²) in [5, 5.41) is 7.71. The summed E-state index contributed by atoms with van der Waals surface area (Å²) in [6, 6.07) is 73.6. The Morgan fingerprint density at radius 2 is 0.855 bits per heavy atom. The van der Waals surface area contributed by atoms with Crippen molar-refractivity contribution in [1.82, 2.24) is 0 Å². The average Bonchev–Trinajstić information content (AvgIpc) is 3.82. The summed E-state index contributed by atoms with van der Waals surface area (Å²) in [4.78, 5) is 2.48. The molecule has 0 aliphatic heterocycles. The molecule has 258 valence electrons. The Morgan fingerprint density at radius 1 is 0.309 bits per heavy atom. The standard InChI is InChI=1S/C52H33NS2/c1-2-14-35-31-37(28-27-34(35)13-1)40-17-3-7-22-46(40)53(39-16-11-15-36(32-39)42-21-12-26-51-52(42)44-20-6-10-25-49(44)55-51)47-23-8-4-18-41(47)38-29-30-50-45(33-38)43-19-5-9-24-48(43)54-50/h1-33H. The third-order valence-electron chi connectivity index (χ3n) is 10.9. The first-order valence-corrected chi connectivity index (χ1v) is 20.3. The third kappa shape index (κ3) is 5.43. The van der Waals surface area contributed by atoms with Crippen LogP contribution in [-0.4, -0.2) is 0 Å². The molecule has 0 saturated heterocycles. The van der Waals surface area contributed by atoms with Crippen molar-refractivity contribution >= 4 is 90.9 Å². The van der Waals surface area contributed by atoms with Gasteiger partial charge < -0.3 is 4.90 Å². The predicted molar refractivity (Wildman–Crippen MR) is 241 cm³/mol. The molecule has 0 radical (unpaired) electrons. The van der Waals surface area contributed by atoms with Gasteiger partial charge >= 0.3 is 0 Å². The molecule has 0 amide bonds. The second-order valence-electron chi connectivity index (χ2n) is 14.1. The van der Waals surface area contributed by atoms with Gasteiger partial charge in [0.05, 0.1) is 11.4 Å². The summed E-state index contributed by atoms with van der Waals surface area (Å²) < 4.78 is 5.25. The highest BCUT2D eigenvalue weighted by molar-refractivity contribution is 7.26. The average molecular weight is 736 g/mol. The van der Waals surface area contributed by atoms with Crippen LogP contribution in [0.5, 0.6) is 0 Å². The number of nitrogens with zero attached hydrogens (tertiary/aromatic N) is 1. The Labute approximate surface area is 327 Å². The molecule has 0 atom stereocenters. The van der Waals surface area contributed by atoms with Gasteiger partial charge in [0, 0.05) is 57.2 Å². The lowest BCUT2D eigenvalue weighted by atomic mass is 9.95. The number of para-hydroxylation sites is 2. The van der Waals surface area contributed by atoms with Crippen molar-refractivity contribution in [2.45, 2.75) is 0 Å². The van der Waals surface area contributed by atoms with Crippen molar-refractivity contribution in [3.05, 3.63) is 200 Å². The van der Waals surface area contributed by atoms with Crippen molar-refractivity contribution in [1.29, 1.82) is 0 Å². The maximum atomic E-state index is 2.48. The van der Waals surface area contributed by atoms with Crippen LogP contribution in [0, 0.1) is 0 Å². The highest BCUT2D eigenvalue weighted by Crippen LogP contribution is 2.47. The molecule has 0 fully saturated rings. The van der Waals surface area contributed by atoms with Crippen molar-refractivity contribution in [2.75, 3.05) is 4.90 Å². The Balaban J connectivity index is 1.15. The minimum absolute atomic E-state index is 1.11. The van der Waals surface area contributed by atoms with Crippen LogP contribution in [0.1, 0.15) is 0 Å². The zero-order valence-electron chi connectivity index (χ0n) is 29.8. The van der Waals surface area contributed by atoms with Gasteiger partial charge in [-0.05, 0) is 93.7 Å². The molecule has 1 nitrogen and oxygen atoms in total. The van der Waals surface area contributed by atoms with Crippen LogP contribution in [0.15, 0.2) is 200 Å². The van der Waals surface area contributed by atoms with Crippen LogP contribution in [0.2, 0.25) is 0 Å². The lowest BCUT2D eigenvalue weighted by molar-refractivity contribution is 1.28. The Kier molecular flexibility index (Phi) is 7.61. The van der Waals surface area contributed by atoms with Crippen molar-refractivity contribution < 1.29 is 0 Å². The first-order valence-electron chi connectivity index (χ1n) is 18.7. The van der Waals surface area contributed by atoms with Gasteiger partial charge in [0.1, 0.15) is 0 Å². The fourth-order valence-corrected chi connectivity index (χ4v) is 10.5. The first-order chi connectivity index (χ1) is 27.3. The number of benzene rings is 9. The lowest BCUT2D eigenvalue weighted by Crippen LogP contribution is -2.12. The molecule has 2 aromatic heterocycles. The number of hydrogen-bond acceptors (Lipinski definition) is 3. The first kappa shape index (κ1) is 32.0. The Hall–Kier alpha value is -6.52. The van der Waals surface area contributed by atoms with E-state index in [4.69, 9.17) is 0 Å². The van der Waals surface area contributed by atoms with E-state index in [2.05, 4.69) is 205 Å². The Bertz CT molecular complexity index is 3240. The van der Waals surface area contributed by atoms with Gasteiger partial charge in [0.25, 0.3) is 0 Å². The van der Waals surface area contributed by atoms with Gasteiger partial charge in [-0.2, -0.15) is 0 Å². The largest absolute Gasteiger partial charge is 0.309 e. The zero-order chi connectivity index (χ0) is 36.3. The quantitative estimate of drug-likeness (QED) is 0.164. The molecule has 11 rings (SSSR count). The normalized spacial score (nSPS) is 11.6. The smallest absolute Gasteiger partial charge is 0.0540 e. The molecule has 9 aromatic carbocycles. The number of thiophene rings is 2. The van der Waals surface area contributed by atoms with Crippen LogP contribution >= 0.6 is 22.7 Å². The molecule has 0 aliphatic carbocycles. The highest BCUT2D eigenvalue weighted by atomic mass is 32.1. The number of hydrogen-bond donors (Lipinski definition) is 0. The second kappa shape index (κ2) is 13.1. The van der Waals surface area contributed by atoms with E-state index in [0.717, 1.165) is 17.1 Å². The van der Waals surface area contributed by atoms with E-state index in [-0.39, 0.29) is 0 Å². The molecular formula is C52H33NS2. The van der Waals surface area contributed by atoms with Gasteiger partial charge in [-0.3, -0.25) is 0 Å². The van der Waals surface area contributed by atoms with E-state index in [1.54, 1.807) is 0 Å². The van der Waals surface area contributed by atoms with E-state index in [9.17, 15) is 0 Å². The van der Waals surface area contributed by atoms with Crippen LogP contribution in [0.25, 0.3) is 84.5 Å². The summed E-state index contributed by atoms with van der Waals surface area (Å²) in [5.41, 5.74) is 10.6. The molecule has 0 saturated carbocycles. The maximum Gasteiger partial charge on any atom is 0.0540 e. The molecule has 0 bridgehead atoms. The van der Waals surface area contributed by atoms with Crippen LogP contribution in [0.3, 0.4) is 0 Å². The molecule has 0 N–H and O–H groups in total. The van der Waals surface area contributed by atoms with E-state index in [1.165, 1.54) is 84.5 Å². The van der Waals surface area contributed by atoms with Crippen molar-refractivity contribution in [3.8, 4) is 33.4 Å². The van der Waals surface area contributed by atoms with Gasteiger partial charge in [-0.1, -0.05) is 140 Å². The zero-order valence-corrected chi connectivity index (χ0v) is 31.4. The predicted octanol–water partition coefficient (Wildman–Crippen LogP) is 16.0. The van der Waals surface area contributed by atoms with Crippen molar-refractivity contribution in [3.63, 3.8) is 0 Å². The van der Waals surface area contributed by atoms with E-state index < -0.39 is 0 Å². The van der Waals surface area contributed by atoms with Crippen molar-refractivity contribution in [2.24, 2.45) is 0 Å². The summed E-state index contributed by atoms with van der Waals surface area (Å²) in [6.45, 7) is 0. The molecule has 11 aromatic rings. The fourth-order valence-electron chi connectivity index (χ4n) is 8.31. The summed E-state index contributed by atoms with van der Waals surface area (Å²) in [6.07, 6.45) is 0. The SMILES string of the molecule is c1cc(-c2cccc3sc4ccccc4c23)cc(N(c2ccccc2-c2ccc3ccccc3c2)c2ccccc2-c2ccc3sc4ccccc4c3c2)c1. The summed E-state index contributed by atoms with van der Waals surface area (Å²) in [7, 11) is 0. The molecule has 0 unspecified atom stereocenters. The maximum absolute atomic E-state index is 2.48. The molecule has 0 spiro atoms. The fraction of sp³-hybridized carbons (Fsp3) is 0. The van der Waals surface area contributed by atoms with E-state index in [0.29, 0.717) is 0 Å². The topological polar surface area (TPSA) is 3.24 Å². The third-order valence-corrected chi connectivity index (χ3v) is 13.1. The Morgan fingerprint density at radius 3 is 1.67 bits per heavy atom. The van der Waals surface area contributed by atoms with Crippen LogP contribution in [0.4, 0.5) is 17.1 Å². The lowest BCUT2D eigenvalue weighted by Gasteiger charge is -2.30. The number of anilines is 3. The summed E-state index contributed by atoms with van der Waals surface area (Å²) >= 11 is 3.73. The van der Waals surface area contributed by atoms with E-state index in [1.807, 2.05) is 22.7 Å².